The van der Waals surface area contributed by atoms with E-state index in [4.69, 9.17) is 21.1 Å². The summed E-state index contributed by atoms with van der Waals surface area (Å²) in [4.78, 5) is 29.4. The quantitative estimate of drug-likeness (QED) is 0.253. The summed E-state index contributed by atoms with van der Waals surface area (Å²) in [5.41, 5.74) is 3.31. The molecule has 0 aliphatic heterocycles. The molecule has 0 fully saturated rings. The number of methoxy groups -OCH3 is 2. The third-order valence-corrected chi connectivity index (χ3v) is 6.63. The number of hydrogen-bond acceptors (Lipinski definition) is 4. The average Bonchev–Trinajstić information content (AvgIpc) is 2.97. The van der Waals surface area contributed by atoms with Crippen LogP contribution in [0.4, 0.5) is 0 Å². The highest BCUT2D eigenvalue weighted by Crippen LogP contribution is 2.29. The summed E-state index contributed by atoms with van der Waals surface area (Å²) in [6.45, 7) is 0.573. The Morgan fingerprint density at radius 2 is 1.38 bits per heavy atom. The van der Waals surface area contributed by atoms with E-state index in [2.05, 4.69) is 5.32 Å². The Morgan fingerprint density at radius 1 is 0.769 bits per heavy atom. The fourth-order valence-electron chi connectivity index (χ4n) is 4.37. The van der Waals surface area contributed by atoms with E-state index in [9.17, 15) is 9.59 Å². The zero-order valence-electron chi connectivity index (χ0n) is 22.0. The number of rotatable bonds is 11. The van der Waals surface area contributed by atoms with E-state index in [0.29, 0.717) is 23.1 Å². The van der Waals surface area contributed by atoms with E-state index in [-0.39, 0.29) is 24.8 Å². The summed E-state index contributed by atoms with van der Waals surface area (Å²) in [5.74, 6) is 0.658. The van der Waals surface area contributed by atoms with Crippen molar-refractivity contribution in [2.24, 2.45) is 0 Å². The van der Waals surface area contributed by atoms with Crippen molar-refractivity contribution in [2.45, 2.75) is 25.6 Å². The molecule has 4 aromatic rings. The highest BCUT2D eigenvalue weighted by molar-refractivity contribution is 6.30. The van der Waals surface area contributed by atoms with Crippen molar-refractivity contribution in [1.29, 1.82) is 0 Å². The molecule has 0 aliphatic rings. The largest absolute Gasteiger partial charge is 0.493 e. The molecule has 1 atom stereocenters. The maximum Gasteiger partial charge on any atom is 0.247 e. The number of halogens is 1. The van der Waals surface area contributed by atoms with Gasteiger partial charge in [0.15, 0.2) is 11.5 Å². The molecule has 39 heavy (non-hydrogen) atoms. The van der Waals surface area contributed by atoms with Crippen molar-refractivity contribution in [3.63, 3.8) is 0 Å². The summed E-state index contributed by atoms with van der Waals surface area (Å²) in [6, 6.07) is 30.9. The Kier molecular flexibility index (Phi) is 9.59. The van der Waals surface area contributed by atoms with Crippen LogP contribution in [0.3, 0.4) is 0 Å². The van der Waals surface area contributed by atoms with E-state index in [1.54, 1.807) is 43.4 Å². The lowest BCUT2D eigenvalue weighted by Gasteiger charge is -2.32. The molecule has 1 N–H and O–H groups in total. The molecule has 6 nitrogen and oxygen atoms in total. The number of amides is 2. The van der Waals surface area contributed by atoms with E-state index in [0.717, 1.165) is 22.3 Å². The molecule has 0 bridgehead atoms. The predicted octanol–water partition coefficient (Wildman–Crippen LogP) is 5.99. The van der Waals surface area contributed by atoms with E-state index >= 15 is 0 Å². The first-order chi connectivity index (χ1) is 19.0. The molecule has 0 unspecified atom stereocenters. The zero-order valence-corrected chi connectivity index (χ0v) is 22.7. The summed E-state index contributed by atoms with van der Waals surface area (Å²) >= 11 is 6.01. The van der Waals surface area contributed by atoms with Crippen LogP contribution in [-0.2, 0) is 29.1 Å². The average molecular weight is 543 g/mol. The van der Waals surface area contributed by atoms with Crippen LogP contribution in [0, 0.1) is 0 Å². The molecular weight excluding hydrogens is 512 g/mol. The lowest BCUT2D eigenvalue weighted by Crippen LogP contribution is -2.43. The molecule has 0 aliphatic carbocycles. The Hall–Kier alpha value is -4.29. The smallest absolute Gasteiger partial charge is 0.247 e. The van der Waals surface area contributed by atoms with Gasteiger partial charge >= 0.3 is 0 Å². The molecule has 200 valence electrons. The molecule has 0 radical (unpaired) electrons. The zero-order chi connectivity index (χ0) is 27.6. The lowest BCUT2D eigenvalue weighted by atomic mass is 10.0. The lowest BCUT2D eigenvalue weighted by molar-refractivity contribution is -0.141. The molecule has 4 rings (SSSR count). The summed E-state index contributed by atoms with van der Waals surface area (Å²) in [6.07, 6.45) is 0.0843. The van der Waals surface area contributed by atoms with Crippen molar-refractivity contribution in [3.05, 3.63) is 130 Å². The van der Waals surface area contributed by atoms with Crippen molar-refractivity contribution in [3.8, 4) is 11.5 Å². The second-order valence-corrected chi connectivity index (χ2v) is 9.47. The Morgan fingerprint density at radius 3 is 2.03 bits per heavy atom. The van der Waals surface area contributed by atoms with Gasteiger partial charge in [-0.15, -0.1) is 0 Å². The van der Waals surface area contributed by atoms with Crippen molar-refractivity contribution < 1.29 is 19.1 Å². The van der Waals surface area contributed by atoms with Crippen molar-refractivity contribution in [2.75, 3.05) is 14.2 Å². The molecule has 0 saturated heterocycles. The van der Waals surface area contributed by atoms with Gasteiger partial charge in [-0.25, -0.2) is 0 Å². The van der Waals surface area contributed by atoms with Crippen LogP contribution >= 0.6 is 11.6 Å². The van der Waals surface area contributed by atoms with Gasteiger partial charge in [-0.2, -0.15) is 0 Å². The molecular formula is C32H31ClN2O4. The van der Waals surface area contributed by atoms with Gasteiger partial charge in [0.2, 0.25) is 11.8 Å². The number of ether oxygens (including phenoxy) is 2. The summed E-state index contributed by atoms with van der Waals surface area (Å²) in [7, 11) is 3.12. The maximum absolute atomic E-state index is 14.0. The molecule has 0 spiro atoms. The van der Waals surface area contributed by atoms with Gasteiger partial charge in [0.1, 0.15) is 6.04 Å². The van der Waals surface area contributed by atoms with E-state index in [1.807, 2.05) is 78.9 Å². The number of benzene rings is 4. The number of hydrogen-bond donors (Lipinski definition) is 1. The minimum absolute atomic E-state index is 0.0843. The Labute approximate surface area is 234 Å². The second kappa shape index (κ2) is 13.5. The van der Waals surface area contributed by atoms with Gasteiger partial charge in [0, 0.05) is 18.1 Å². The predicted molar refractivity (Wildman–Crippen MR) is 153 cm³/mol. The Bertz CT molecular complexity index is 1380. The number of nitrogens with one attached hydrogen (secondary N) is 1. The van der Waals surface area contributed by atoms with Gasteiger partial charge in [-0.05, 0) is 46.5 Å². The highest BCUT2D eigenvalue weighted by atomic mass is 35.5. The van der Waals surface area contributed by atoms with Gasteiger partial charge < -0.3 is 19.7 Å². The third-order valence-electron chi connectivity index (χ3n) is 6.37. The first-order valence-corrected chi connectivity index (χ1v) is 13.0. The minimum Gasteiger partial charge on any atom is -0.493 e. The summed E-state index contributed by atoms with van der Waals surface area (Å²) < 4.78 is 10.8. The first kappa shape index (κ1) is 27.7. The van der Waals surface area contributed by atoms with Gasteiger partial charge in [0.05, 0.1) is 20.6 Å². The highest BCUT2D eigenvalue weighted by Gasteiger charge is 2.31. The molecule has 7 heteroatoms. The van der Waals surface area contributed by atoms with Crippen molar-refractivity contribution in [1.82, 2.24) is 10.2 Å². The van der Waals surface area contributed by atoms with Crippen LogP contribution in [0.15, 0.2) is 103 Å². The maximum atomic E-state index is 14.0. The van der Waals surface area contributed by atoms with Crippen LogP contribution in [0.1, 0.15) is 28.3 Å². The fourth-order valence-corrected chi connectivity index (χ4v) is 4.49. The monoisotopic (exact) mass is 542 g/mol. The standard InChI is InChI=1S/C32H31ClN2O4/c1-38-28-18-15-25(19-29(28)39-2)20-30(36)35(22-24-9-5-3-6-10-24)31(26-11-7-4-8-12-26)32(37)34-21-23-13-16-27(33)17-14-23/h3-19,31H,20-22H2,1-2H3,(H,34,37)/t31-/m0/s1. The van der Waals surface area contributed by atoms with Gasteiger partial charge in [-0.3, -0.25) is 9.59 Å². The van der Waals surface area contributed by atoms with Crippen LogP contribution < -0.4 is 14.8 Å². The first-order valence-electron chi connectivity index (χ1n) is 12.6. The van der Waals surface area contributed by atoms with E-state index in [1.165, 1.54) is 0 Å². The molecule has 0 heterocycles. The fraction of sp³-hybridized carbons (Fsp3) is 0.188. The van der Waals surface area contributed by atoms with Gasteiger partial charge in [0.25, 0.3) is 0 Å². The van der Waals surface area contributed by atoms with E-state index < -0.39 is 6.04 Å². The van der Waals surface area contributed by atoms with Crippen LogP contribution in [-0.4, -0.2) is 30.9 Å². The summed E-state index contributed by atoms with van der Waals surface area (Å²) in [5, 5.41) is 3.65. The third kappa shape index (κ3) is 7.39. The number of nitrogens with zero attached hydrogens (tertiary/aromatic N) is 1. The van der Waals surface area contributed by atoms with Crippen LogP contribution in [0.2, 0.25) is 5.02 Å². The number of carbonyl (C=O) groups is 2. The minimum atomic E-state index is -0.841. The molecule has 0 saturated carbocycles. The topological polar surface area (TPSA) is 67.9 Å². The van der Waals surface area contributed by atoms with Gasteiger partial charge in [-0.1, -0.05) is 90.5 Å². The second-order valence-electron chi connectivity index (χ2n) is 9.03. The van der Waals surface area contributed by atoms with Crippen LogP contribution in [0.5, 0.6) is 11.5 Å². The molecule has 2 amide bonds. The Balaban J connectivity index is 1.66. The SMILES string of the molecule is COc1ccc(CC(=O)N(Cc2ccccc2)[C@H](C(=O)NCc2ccc(Cl)cc2)c2ccccc2)cc1OC. The number of carbonyl (C=O) groups excluding carboxylic acids is 2. The molecule has 0 aromatic heterocycles. The normalized spacial score (nSPS) is 11.4. The molecule has 4 aromatic carbocycles. The van der Waals surface area contributed by atoms with Crippen LogP contribution in [0.25, 0.3) is 0 Å². The van der Waals surface area contributed by atoms with Crippen molar-refractivity contribution >= 4 is 23.4 Å².